The first kappa shape index (κ1) is 14.0. The number of halogens is 1. The van der Waals surface area contributed by atoms with Gasteiger partial charge in [0.25, 0.3) is 0 Å². The highest BCUT2D eigenvalue weighted by Crippen LogP contribution is 2.21. The van der Waals surface area contributed by atoms with Crippen LogP contribution in [0.1, 0.15) is 18.5 Å². The quantitative estimate of drug-likeness (QED) is 0.852. The molecule has 1 aromatic carbocycles. The molecule has 2 aromatic rings. The van der Waals surface area contributed by atoms with Gasteiger partial charge in [0.2, 0.25) is 0 Å². The number of nitrogens with zero attached hydrogens (tertiary/aromatic N) is 2. The molecule has 106 valence electrons. The molecule has 0 aliphatic rings. The van der Waals surface area contributed by atoms with Crippen molar-refractivity contribution in [1.29, 1.82) is 0 Å². The lowest BCUT2D eigenvalue weighted by Crippen LogP contribution is -2.22. The molecule has 20 heavy (non-hydrogen) atoms. The third-order valence-corrected chi connectivity index (χ3v) is 2.90. The fourth-order valence-electron chi connectivity index (χ4n) is 1.81. The van der Waals surface area contributed by atoms with Crippen molar-refractivity contribution in [3.8, 4) is 0 Å². The van der Waals surface area contributed by atoms with Gasteiger partial charge in [-0.25, -0.2) is 9.18 Å². The van der Waals surface area contributed by atoms with E-state index >= 15 is 0 Å². The molecule has 2 rings (SSSR count). The molecule has 1 unspecified atom stereocenters. The number of nitrogens with one attached hydrogen (secondary N) is 1. The molecule has 0 spiro atoms. The number of rotatable bonds is 5. The number of anilines is 1. The molecule has 0 radical (unpaired) electrons. The Labute approximate surface area is 116 Å². The summed E-state index contributed by atoms with van der Waals surface area (Å²) in [4.78, 5) is 11.9. The second-order valence-corrected chi connectivity index (χ2v) is 4.24. The number of hydrogen-bond donors (Lipinski definition) is 1. The molecule has 0 amide bonds. The molecule has 0 saturated heterocycles. The van der Waals surface area contributed by atoms with Crippen molar-refractivity contribution in [2.45, 2.75) is 19.5 Å². The summed E-state index contributed by atoms with van der Waals surface area (Å²) >= 11 is 0. The van der Waals surface area contributed by atoms with Crippen LogP contribution >= 0.6 is 0 Å². The highest BCUT2D eigenvalue weighted by Gasteiger charge is 2.22. The van der Waals surface area contributed by atoms with Crippen LogP contribution in [0.4, 0.5) is 10.1 Å². The van der Waals surface area contributed by atoms with Crippen molar-refractivity contribution in [2.24, 2.45) is 0 Å². The first-order valence-electron chi connectivity index (χ1n) is 6.26. The molecule has 0 fully saturated rings. The predicted octanol–water partition coefficient (Wildman–Crippen LogP) is 2.37. The number of ether oxygens (including phenoxy) is 1. The standard InChI is InChI=1S/C14H16FN3O2/c1-3-18-9-10(8-16-18)13(14(19)20-2)17-12-6-4-11(15)5-7-12/h4-9,13,17H,3H2,1-2H3. The summed E-state index contributed by atoms with van der Waals surface area (Å²) in [5.74, 6) is -0.756. The van der Waals surface area contributed by atoms with Gasteiger partial charge in [0, 0.05) is 24.0 Å². The first-order valence-corrected chi connectivity index (χ1v) is 6.26. The van der Waals surface area contributed by atoms with Crippen molar-refractivity contribution in [3.05, 3.63) is 48.0 Å². The van der Waals surface area contributed by atoms with Gasteiger partial charge in [0.05, 0.1) is 13.3 Å². The third kappa shape index (κ3) is 3.14. The van der Waals surface area contributed by atoms with Gasteiger partial charge in [-0.1, -0.05) is 0 Å². The van der Waals surface area contributed by atoms with E-state index in [0.29, 0.717) is 17.8 Å². The van der Waals surface area contributed by atoms with Crippen LogP contribution in [-0.2, 0) is 16.1 Å². The maximum Gasteiger partial charge on any atom is 0.333 e. The molecule has 1 heterocycles. The fraction of sp³-hybridized carbons (Fsp3) is 0.286. The average Bonchev–Trinajstić information content (AvgIpc) is 2.94. The number of hydrogen-bond acceptors (Lipinski definition) is 4. The molecular weight excluding hydrogens is 261 g/mol. The summed E-state index contributed by atoms with van der Waals surface area (Å²) in [6.07, 6.45) is 3.39. The normalized spacial score (nSPS) is 11.9. The van der Waals surface area contributed by atoms with E-state index in [-0.39, 0.29) is 5.82 Å². The lowest BCUT2D eigenvalue weighted by molar-refractivity contribution is -0.141. The molecule has 0 aliphatic heterocycles. The van der Waals surface area contributed by atoms with E-state index in [4.69, 9.17) is 4.74 Å². The fourth-order valence-corrected chi connectivity index (χ4v) is 1.81. The smallest absolute Gasteiger partial charge is 0.333 e. The number of aromatic nitrogens is 2. The van der Waals surface area contributed by atoms with Gasteiger partial charge in [0.15, 0.2) is 6.04 Å². The predicted molar refractivity (Wildman–Crippen MR) is 72.7 cm³/mol. The Hall–Kier alpha value is -2.37. The summed E-state index contributed by atoms with van der Waals surface area (Å²) < 4.78 is 19.4. The number of carbonyl (C=O) groups excluding carboxylic acids is 1. The Morgan fingerprint density at radius 3 is 2.70 bits per heavy atom. The van der Waals surface area contributed by atoms with Crippen LogP contribution in [0.25, 0.3) is 0 Å². The van der Waals surface area contributed by atoms with E-state index in [9.17, 15) is 9.18 Å². The van der Waals surface area contributed by atoms with Crippen molar-refractivity contribution >= 4 is 11.7 Å². The maximum atomic E-state index is 12.9. The monoisotopic (exact) mass is 277 g/mol. The number of benzene rings is 1. The van der Waals surface area contributed by atoms with Gasteiger partial charge in [-0.15, -0.1) is 0 Å². The Kier molecular flexibility index (Phi) is 4.34. The Morgan fingerprint density at radius 1 is 1.45 bits per heavy atom. The van der Waals surface area contributed by atoms with E-state index in [1.54, 1.807) is 29.2 Å². The minimum absolute atomic E-state index is 0.330. The number of aryl methyl sites for hydroxylation is 1. The zero-order valence-corrected chi connectivity index (χ0v) is 11.3. The van der Waals surface area contributed by atoms with Crippen molar-refractivity contribution in [3.63, 3.8) is 0 Å². The summed E-state index contributed by atoms with van der Waals surface area (Å²) in [5, 5.41) is 7.15. The third-order valence-electron chi connectivity index (χ3n) is 2.90. The molecule has 0 bridgehead atoms. The topological polar surface area (TPSA) is 56.2 Å². The van der Waals surface area contributed by atoms with Crippen LogP contribution in [0.15, 0.2) is 36.7 Å². The minimum Gasteiger partial charge on any atom is -0.467 e. The summed E-state index contributed by atoms with van der Waals surface area (Å²) in [5.41, 5.74) is 1.33. The molecule has 1 N–H and O–H groups in total. The molecule has 0 saturated carbocycles. The lowest BCUT2D eigenvalue weighted by atomic mass is 10.1. The van der Waals surface area contributed by atoms with E-state index in [2.05, 4.69) is 10.4 Å². The first-order chi connectivity index (χ1) is 9.63. The Balaban J connectivity index is 2.23. The summed E-state index contributed by atoms with van der Waals surface area (Å²) in [6, 6.07) is 5.11. The van der Waals surface area contributed by atoms with E-state index in [1.807, 2.05) is 6.92 Å². The molecule has 6 heteroatoms. The van der Waals surface area contributed by atoms with Crippen LogP contribution < -0.4 is 5.32 Å². The minimum atomic E-state index is -0.675. The van der Waals surface area contributed by atoms with Crippen LogP contribution in [0, 0.1) is 5.82 Å². The summed E-state index contributed by atoms with van der Waals surface area (Å²) in [6.45, 7) is 2.67. The second-order valence-electron chi connectivity index (χ2n) is 4.24. The van der Waals surface area contributed by atoms with Crippen LogP contribution in [0.3, 0.4) is 0 Å². The number of methoxy groups -OCH3 is 1. The van der Waals surface area contributed by atoms with E-state index in [0.717, 1.165) is 0 Å². The second kappa shape index (κ2) is 6.18. The number of carbonyl (C=O) groups is 1. The maximum absolute atomic E-state index is 12.9. The van der Waals surface area contributed by atoms with Gasteiger partial charge in [-0.2, -0.15) is 5.10 Å². The van der Waals surface area contributed by atoms with E-state index < -0.39 is 12.0 Å². The van der Waals surface area contributed by atoms with Gasteiger partial charge in [0.1, 0.15) is 5.82 Å². The van der Waals surface area contributed by atoms with Gasteiger partial charge < -0.3 is 10.1 Å². The van der Waals surface area contributed by atoms with Crippen molar-refractivity contribution in [2.75, 3.05) is 12.4 Å². The van der Waals surface area contributed by atoms with Crippen LogP contribution in [0.5, 0.6) is 0 Å². The number of esters is 1. The molecular formula is C14H16FN3O2. The van der Waals surface area contributed by atoms with E-state index in [1.165, 1.54) is 19.2 Å². The lowest BCUT2D eigenvalue weighted by Gasteiger charge is -2.16. The highest BCUT2D eigenvalue weighted by molar-refractivity contribution is 5.80. The molecule has 5 nitrogen and oxygen atoms in total. The van der Waals surface area contributed by atoms with Crippen LogP contribution in [-0.4, -0.2) is 22.9 Å². The summed E-state index contributed by atoms with van der Waals surface area (Å²) in [7, 11) is 1.33. The average molecular weight is 277 g/mol. The Morgan fingerprint density at radius 2 is 2.15 bits per heavy atom. The zero-order valence-electron chi connectivity index (χ0n) is 11.3. The largest absolute Gasteiger partial charge is 0.467 e. The van der Waals surface area contributed by atoms with Crippen molar-refractivity contribution in [1.82, 2.24) is 9.78 Å². The van der Waals surface area contributed by atoms with Gasteiger partial charge in [-0.3, -0.25) is 4.68 Å². The van der Waals surface area contributed by atoms with Crippen molar-refractivity contribution < 1.29 is 13.9 Å². The molecule has 0 aliphatic carbocycles. The van der Waals surface area contributed by atoms with Gasteiger partial charge >= 0.3 is 5.97 Å². The molecule has 1 aromatic heterocycles. The van der Waals surface area contributed by atoms with Gasteiger partial charge in [-0.05, 0) is 31.2 Å². The Bertz CT molecular complexity index is 580. The highest BCUT2D eigenvalue weighted by atomic mass is 19.1. The SMILES string of the molecule is CCn1cc(C(Nc2ccc(F)cc2)C(=O)OC)cn1. The molecule has 1 atom stereocenters. The van der Waals surface area contributed by atoms with Crippen LogP contribution in [0.2, 0.25) is 0 Å². The zero-order chi connectivity index (χ0) is 14.5.